The van der Waals surface area contributed by atoms with Crippen molar-refractivity contribution in [2.24, 2.45) is 5.16 Å². The third kappa shape index (κ3) is 3.80. The van der Waals surface area contributed by atoms with Crippen LogP contribution >= 0.6 is 11.3 Å². The number of rotatable bonds is 5. The van der Waals surface area contributed by atoms with E-state index in [9.17, 15) is 4.39 Å². The number of halogens is 1. The zero-order valence-corrected chi connectivity index (χ0v) is 19.8. The molecule has 1 atom stereocenters. The highest BCUT2D eigenvalue weighted by Gasteiger charge is 2.48. The molecule has 7 heteroatoms. The fourth-order valence-corrected chi connectivity index (χ4v) is 5.46. The van der Waals surface area contributed by atoms with E-state index < -0.39 is 5.72 Å². The first-order chi connectivity index (χ1) is 16.0. The van der Waals surface area contributed by atoms with E-state index in [1.165, 1.54) is 12.1 Å². The Labute approximate surface area is 197 Å². The quantitative estimate of drug-likeness (QED) is 0.442. The van der Waals surface area contributed by atoms with Gasteiger partial charge in [-0.25, -0.2) is 9.37 Å². The van der Waals surface area contributed by atoms with E-state index >= 15 is 0 Å². The van der Waals surface area contributed by atoms with Gasteiger partial charge in [0.2, 0.25) is 5.72 Å². The SMILES string of the molecule is CCC1(c2ccc(F)cc2)ON=C2/C(=C/c3ccc(-c4cnc(C)s4)c(OC)c3)CCCN21. The van der Waals surface area contributed by atoms with Gasteiger partial charge in [-0.2, -0.15) is 0 Å². The molecule has 1 aromatic heterocycles. The summed E-state index contributed by atoms with van der Waals surface area (Å²) in [6.45, 7) is 4.92. The number of nitrogens with zero attached hydrogens (tertiary/aromatic N) is 3. The Morgan fingerprint density at radius 3 is 2.76 bits per heavy atom. The van der Waals surface area contributed by atoms with Gasteiger partial charge >= 0.3 is 0 Å². The van der Waals surface area contributed by atoms with Crippen LogP contribution < -0.4 is 4.74 Å². The van der Waals surface area contributed by atoms with Crippen LogP contribution in [-0.4, -0.2) is 29.4 Å². The van der Waals surface area contributed by atoms with Gasteiger partial charge in [0, 0.05) is 30.3 Å². The van der Waals surface area contributed by atoms with Crippen LogP contribution in [0.4, 0.5) is 4.39 Å². The first-order valence-corrected chi connectivity index (χ1v) is 12.0. The summed E-state index contributed by atoms with van der Waals surface area (Å²) >= 11 is 1.65. The van der Waals surface area contributed by atoms with E-state index in [2.05, 4.69) is 46.2 Å². The van der Waals surface area contributed by atoms with Crippen molar-refractivity contribution in [3.63, 3.8) is 0 Å². The lowest BCUT2D eigenvalue weighted by atomic mass is 9.93. The second kappa shape index (κ2) is 8.63. The van der Waals surface area contributed by atoms with Crippen LogP contribution in [-0.2, 0) is 10.6 Å². The number of aryl methyl sites for hydroxylation is 1. The van der Waals surface area contributed by atoms with Gasteiger partial charge in [-0.05, 0) is 61.2 Å². The molecule has 0 N–H and O–H groups in total. The van der Waals surface area contributed by atoms with E-state index in [0.29, 0.717) is 6.42 Å². The molecule has 2 aromatic carbocycles. The Morgan fingerprint density at radius 1 is 1.24 bits per heavy atom. The van der Waals surface area contributed by atoms with Crippen LogP contribution in [0.2, 0.25) is 0 Å². The van der Waals surface area contributed by atoms with Crippen LogP contribution in [0.25, 0.3) is 16.5 Å². The molecule has 1 saturated heterocycles. The van der Waals surface area contributed by atoms with Crippen molar-refractivity contribution in [2.75, 3.05) is 13.7 Å². The molecule has 170 valence electrons. The number of fused-ring (bicyclic) bond motifs is 1. The van der Waals surface area contributed by atoms with Crippen molar-refractivity contribution in [3.05, 3.63) is 76.2 Å². The number of hydrogen-bond acceptors (Lipinski definition) is 6. The van der Waals surface area contributed by atoms with Crippen molar-refractivity contribution >= 4 is 23.2 Å². The Kier molecular flexibility index (Phi) is 5.66. The van der Waals surface area contributed by atoms with Crippen molar-refractivity contribution in [1.29, 1.82) is 0 Å². The molecule has 3 aromatic rings. The van der Waals surface area contributed by atoms with Gasteiger partial charge in [0.05, 0.1) is 17.0 Å². The fourth-order valence-electron chi connectivity index (χ4n) is 4.65. The maximum Gasteiger partial charge on any atom is 0.237 e. The maximum absolute atomic E-state index is 13.5. The van der Waals surface area contributed by atoms with Crippen LogP contribution in [0, 0.1) is 12.7 Å². The maximum atomic E-state index is 13.5. The minimum Gasteiger partial charge on any atom is -0.496 e. The highest BCUT2D eigenvalue weighted by atomic mass is 32.1. The first kappa shape index (κ1) is 21.6. The van der Waals surface area contributed by atoms with E-state index in [0.717, 1.165) is 63.1 Å². The van der Waals surface area contributed by atoms with Gasteiger partial charge < -0.3 is 14.5 Å². The largest absolute Gasteiger partial charge is 0.496 e. The first-order valence-electron chi connectivity index (χ1n) is 11.2. The highest BCUT2D eigenvalue weighted by molar-refractivity contribution is 7.15. The van der Waals surface area contributed by atoms with E-state index in [4.69, 9.17) is 9.57 Å². The van der Waals surface area contributed by atoms with Crippen LogP contribution in [0.3, 0.4) is 0 Å². The number of ether oxygens (including phenoxy) is 1. The molecule has 0 radical (unpaired) electrons. The summed E-state index contributed by atoms with van der Waals surface area (Å²) in [6, 6.07) is 12.8. The van der Waals surface area contributed by atoms with Gasteiger partial charge in [-0.1, -0.05) is 30.3 Å². The predicted octanol–water partition coefficient (Wildman–Crippen LogP) is 6.35. The molecule has 2 aliphatic rings. The van der Waals surface area contributed by atoms with Gasteiger partial charge in [-0.3, -0.25) is 0 Å². The number of aromatic nitrogens is 1. The van der Waals surface area contributed by atoms with E-state index in [1.54, 1.807) is 30.6 Å². The van der Waals surface area contributed by atoms with Crippen molar-refractivity contribution in [1.82, 2.24) is 9.88 Å². The summed E-state index contributed by atoms with van der Waals surface area (Å²) < 4.78 is 19.2. The molecule has 3 heterocycles. The van der Waals surface area contributed by atoms with Gasteiger partial charge in [-0.15, -0.1) is 11.3 Å². The lowest BCUT2D eigenvalue weighted by Crippen LogP contribution is -2.48. The van der Waals surface area contributed by atoms with E-state index in [-0.39, 0.29) is 5.82 Å². The van der Waals surface area contributed by atoms with Crippen LogP contribution in [0.5, 0.6) is 5.75 Å². The van der Waals surface area contributed by atoms with Crippen molar-refractivity contribution < 1.29 is 14.0 Å². The second-order valence-corrected chi connectivity index (χ2v) is 9.51. The van der Waals surface area contributed by atoms with Gasteiger partial charge in [0.15, 0.2) is 5.84 Å². The van der Waals surface area contributed by atoms with Crippen molar-refractivity contribution in [2.45, 2.75) is 38.8 Å². The number of amidine groups is 1. The Hall–Kier alpha value is -3.19. The summed E-state index contributed by atoms with van der Waals surface area (Å²) in [5.74, 6) is 1.42. The van der Waals surface area contributed by atoms with Gasteiger partial charge in [0.25, 0.3) is 0 Å². The number of methoxy groups -OCH3 is 1. The molecule has 5 rings (SSSR count). The Bertz CT molecular complexity index is 1230. The Morgan fingerprint density at radius 2 is 2.06 bits per heavy atom. The minimum atomic E-state index is -0.700. The zero-order valence-electron chi connectivity index (χ0n) is 19.0. The summed E-state index contributed by atoms with van der Waals surface area (Å²) in [6.07, 6.45) is 6.66. The van der Waals surface area contributed by atoms with Gasteiger partial charge in [0.1, 0.15) is 11.6 Å². The molecular weight excluding hydrogens is 437 g/mol. The summed E-state index contributed by atoms with van der Waals surface area (Å²) in [7, 11) is 1.69. The topological polar surface area (TPSA) is 47.0 Å². The molecule has 33 heavy (non-hydrogen) atoms. The third-order valence-electron chi connectivity index (χ3n) is 6.32. The molecule has 0 saturated carbocycles. The molecule has 5 nitrogen and oxygen atoms in total. The third-order valence-corrected chi connectivity index (χ3v) is 7.26. The number of oxime groups is 1. The predicted molar refractivity (Wildman–Crippen MR) is 130 cm³/mol. The average molecular weight is 464 g/mol. The molecule has 1 unspecified atom stereocenters. The summed E-state index contributed by atoms with van der Waals surface area (Å²) in [5, 5.41) is 5.54. The van der Waals surface area contributed by atoms with E-state index in [1.807, 2.05) is 13.1 Å². The number of thiazole rings is 1. The minimum absolute atomic E-state index is 0.255. The normalized spacial score (nSPS) is 21.0. The molecule has 0 amide bonds. The zero-order chi connectivity index (χ0) is 23.0. The highest BCUT2D eigenvalue weighted by Crippen LogP contribution is 2.43. The summed E-state index contributed by atoms with van der Waals surface area (Å²) in [5.41, 5.74) is 3.43. The molecule has 0 aliphatic carbocycles. The lowest BCUT2D eigenvalue weighted by molar-refractivity contribution is -0.109. The van der Waals surface area contributed by atoms with Crippen LogP contribution in [0.15, 0.2) is 59.4 Å². The average Bonchev–Trinajstić information content (AvgIpc) is 3.44. The smallest absolute Gasteiger partial charge is 0.237 e. The number of piperidine rings is 1. The summed E-state index contributed by atoms with van der Waals surface area (Å²) in [4.78, 5) is 13.8. The lowest BCUT2D eigenvalue weighted by Gasteiger charge is -2.39. The molecule has 0 bridgehead atoms. The van der Waals surface area contributed by atoms with Crippen LogP contribution in [0.1, 0.15) is 42.3 Å². The van der Waals surface area contributed by atoms with Crippen molar-refractivity contribution in [3.8, 4) is 16.2 Å². The molecular formula is C26H26FN3O2S. The molecule has 0 spiro atoms. The molecule has 2 aliphatic heterocycles. The molecule has 1 fully saturated rings. The standard InChI is InChI=1S/C26H26FN3O2S/c1-4-26(20-8-10-21(27)11-9-20)30-13-5-6-19(25(30)29-32-26)14-18-7-12-22(23(15-18)31-3)24-16-28-17(2)33-24/h7-12,14-16H,4-6,13H2,1-3H3/b19-14+. The number of benzene rings is 2. The monoisotopic (exact) mass is 463 g/mol. The fraction of sp³-hybridized carbons (Fsp3) is 0.308. The Balaban J connectivity index is 1.47. The number of hydrogen-bond donors (Lipinski definition) is 0. The second-order valence-electron chi connectivity index (χ2n) is 8.28.